The average molecular weight is 376 g/mol. The van der Waals surface area contributed by atoms with E-state index >= 15 is 0 Å². The van der Waals surface area contributed by atoms with Gasteiger partial charge in [-0.2, -0.15) is 0 Å². The smallest absolute Gasteiger partial charge is 0.252 e. The van der Waals surface area contributed by atoms with Crippen LogP contribution in [-0.2, 0) is 4.79 Å². The Morgan fingerprint density at radius 2 is 1.70 bits per heavy atom. The maximum absolute atomic E-state index is 12.0. The van der Waals surface area contributed by atoms with E-state index in [0.29, 0.717) is 15.7 Å². The minimum absolute atomic E-state index is 0.0877. The molecule has 5 nitrogen and oxygen atoms in total. The average Bonchev–Trinajstić information content (AvgIpc) is 2.53. The van der Waals surface area contributed by atoms with Crippen molar-refractivity contribution in [1.29, 1.82) is 0 Å². The first-order valence-electron chi connectivity index (χ1n) is 7.07. The molecule has 0 heterocycles. The standard InChI is InChI=1S/C17H18BrN3O2/c1-21(2)13-9-7-12(8-10-13)20-16(22)11-19-17(23)14-5-3-4-6-15(14)18/h3-10H,11H2,1-2H3,(H,19,23)(H,20,22). The number of nitrogens with one attached hydrogen (secondary N) is 2. The van der Waals surface area contributed by atoms with Gasteiger partial charge in [-0.15, -0.1) is 0 Å². The van der Waals surface area contributed by atoms with Crippen molar-refractivity contribution in [2.45, 2.75) is 0 Å². The summed E-state index contributed by atoms with van der Waals surface area (Å²) in [5.41, 5.74) is 2.23. The molecule has 2 amide bonds. The molecule has 0 bridgehead atoms. The molecule has 0 atom stereocenters. The lowest BCUT2D eigenvalue weighted by molar-refractivity contribution is -0.115. The van der Waals surface area contributed by atoms with E-state index in [1.54, 1.807) is 18.2 Å². The second-order valence-corrected chi connectivity index (χ2v) is 6.01. The SMILES string of the molecule is CN(C)c1ccc(NC(=O)CNC(=O)c2ccccc2Br)cc1. The summed E-state index contributed by atoms with van der Waals surface area (Å²) in [4.78, 5) is 25.9. The third-order valence-electron chi connectivity index (χ3n) is 3.20. The molecule has 2 rings (SSSR count). The van der Waals surface area contributed by atoms with Gasteiger partial charge in [-0.05, 0) is 52.3 Å². The quantitative estimate of drug-likeness (QED) is 0.844. The van der Waals surface area contributed by atoms with Crippen LogP contribution in [0.5, 0.6) is 0 Å². The number of anilines is 2. The van der Waals surface area contributed by atoms with E-state index in [9.17, 15) is 9.59 Å². The van der Waals surface area contributed by atoms with Crippen LogP contribution >= 0.6 is 15.9 Å². The summed E-state index contributed by atoms with van der Waals surface area (Å²) in [7, 11) is 3.90. The lowest BCUT2D eigenvalue weighted by Crippen LogP contribution is -2.33. The maximum atomic E-state index is 12.0. The topological polar surface area (TPSA) is 61.4 Å². The van der Waals surface area contributed by atoms with Crippen LogP contribution < -0.4 is 15.5 Å². The Hall–Kier alpha value is -2.34. The van der Waals surface area contributed by atoms with Gasteiger partial charge in [0.1, 0.15) is 0 Å². The third kappa shape index (κ3) is 4.82. The van der Waals surface area contributed by atoms with Gasteiger partial charge in [0.2, 0.25) is 5.91 Å². The van der Waals surface area contributed by atoms with Crippen molar-refractivity contribution in [3.63, 3.8) is 0 Å². The number of hydrogen-bond donors (Lipinski definition) is 2. The van der Waals surface area contributed by atoms with E-state index in [4.69, 9.17) is 0 Å². The summed E-state index contributed by atoms with van der Waals surface area (Å²) in [6, 6.07) is 14.5. The van der Waals surface area contributed by atoms with Gasteiger partial charge in [0, 0.05) is 29.9 Å². The summed E-state index contributed by atoms with van der Waals surface area (Å²) in [5.74, 6) is -0.571. The molecule has 0 radical (unpaired) electrons. The fourth-order valence-electron chi connectivity index (χ4n) is 1.95. The highest BCUT2D eigenvalue weighted by Crippen LogP contribution is 2.16. The molecule has 0 saturated heterocycles. The molecule has 0 spiro atoms. The maximum Gasteiger partial charge on any atom is 0.252 e. The Morgan fingerprint density at radius 3 is 2.30 bits per heavy atom. The molecule has 2 N–H and O–H groups in total. The predicted octanol–water partition coefficient (Wildman–Crippen LogP) is 2.88. The lowest BCUT2D eigenvalue weighted by Gasteiger charge is -2.13. The first kappa shape index (κ1) is 17.0. The van der Waals surface area contributed by atoms with Crippen LogP contribution in [0, 0.1) is 0 Å². The molecule has 120 valence electrons. The van der Waals surface area contributed by atoms with Gasteiger partial charge in [-0.25, -0.2) is 0 Å². The number of halogens is 1. The van der Waals surface area contributed by atoms with Crippen molar-refractivity contribution >= 4 is 39.1 Å². The predicted molar refractivity (Wildman–Crippen MR) is 95.9 cm³/mol. The number of amides is 2. The Kier molecular flexibility index (Phi) is 5.76. The number of carbonyl (C=O) groups is 2. The van der Waals surface area contributed by atoms with Gasteiger partial charge in [-0.1, -0.05) is 12.1 Å². The van der Waals surface area contributed by atoms with E-state index < -0.39 is 0 Å². The van der Waals surface area contributed by atoms with Crippen LogP contribution in [0.1, 0.15) is 10.4 Å². The van der Waals surface area contributed by atoms with Gasteiger partial charge in [-0.3, -0.25) is 9.59 Å². The zero-order chi connectivity index (χ0) is 16.8. The second-order valence-electron chi connectivity index (χ2n) is 5.15. The van der Waals surface area contributed by atoms with Crippen LogP contribution in [-0.4, -0.2) is 32.5 Å². The number of benzene rings is 2. The van der Waals surface area contributed by atoms with Gasteiger partial charge in [0.05, 0.1) is 12.1 Å². The van der Waals surface area contributed by atoms with Gasteiger partial charge >= 0.3 is 0 Å². The Bertz CT molecular complexity index is 699. The van der Waals surface area contributed by atoms with Gasteiger partial charge < -0.3 is 15.5 Å². The summed E-state index contributed by atoms with van der Waals surface area (Å²) < 4.78 is 0.692. The Labute approximate surface area is 143 Å². The third-order valence-corrected chi connectivity index (χ3v) is 3.89. The molecule has 0 saturated carbocycles. The van der Waals surface area contributed by atoms with Crippen molar-refractivity contribution in [2.75, 3.05) is 30.9 Å². The fraction of sp³-hybridized carbons (Fsp3) is 0.176. The van der Waals surface area contributed by atoms with Gasteiger partial charge in [0.25, 0.3) is 5.91 Å². The normalized spacial score (nSPS) is 10.0. The number of rotatable bonds is 5. The van der Waals surface area contributed by atoms with Crippen molar-refractivity contribution < 1.29 is 9.59 Å². The first-order chi connectivity index (χ1) is 11.0. The molecular formula is C17H18BrN3O2. The molecule has 0 aliphatic rings. The molecular weight excluding hydrogens is 358 g/mol. The minimum Gasteiger partial charge on any atom is -0.378 e. The van der Waals surface area contributed by atoms with E-state index in [2.05, 4.69) is 26.6 Å². The summed E-state index contributed by atoms with van der Waals surface area (Å²) in [6.45, 7) is -0.0877. The van der Waals surface area contributed by atoms with Crippen LogP contribution in [0.3, 0.4) is 0 Å². The Morgan fingerprint density at radius 1 is 1.04 bits per heavy atom. The van der Waals surface area contributed by atoms with E-state index in [-0.39, 0.29) is 18.4 Å². The van der Waals surface area contributed by atoms with Crippen LogP contribution in [0.15, 0.2) is 53.0 Å². The summed E-state index contributed by atoms with van der Waals surface area (Å²) in [5, 5.41) is 5.35. The van der Waals surface area contributed by atoms with Crippen molar-refractivity contribution in [1.82, 2.24) is 5.32 Å². The minimum atomic E-state index is -0.296. The molecule has 0 fully saturated rings. The van der Waals surface area contributed by atoms with Crippen LogP contribution in [0.4, 0.5) is 11.4 Å². The van der Waals surface area contributed by atoms with E-state index in [1.165, 1.54) is 0 Å². The molecule has 2 aromatic carbocycles. The highest BCUT2D eigenvalue weighted by atomic mass is 79.9. The number of carbonyl (C=O) groups excluding carboxylic acids is 2. The zero-order valence-corrected chi connectivity index (χ0v) is 14.6. The number of hydrogen-bond acceptors (Lipinski definition) is 3. The Balaban J connectivity index is 1.88. The zero-order valence-electron chi connectivity index (χ0n) is 13.0. The second kappa shape index (κ2) is 7.78. The van der Waals surface area contributed by atoms with Crippen molar-refractivity contribution in [3.05, 3.63) is 58.6 Å². The first-order valence-corrected chi connectivity index (χ1v) is 7.86. The van der Waals surface area contributed by atoms with E-state index in [0.717, 1.165) is 5.69 Å². The van der Waals surface area contributed by atoms with Crippen molar-refractivity contribution in [2.24, 2.45) is 0 Å². The monoisotopic (exact) mass is 375 g/mol. The number of nitrogens with zero attached hydrogens (tertiary/aromatic N) is 1. The van der Waals surface area contributed by atoms with Crippen molar-refractivity contribution in [3.8, 4) is 0 Å². The molecule has 0 aromatic heterocycles. The highest BCUT2D eigenvalue weighted by molar-refractivity contribution is 9.10. The summed E-state index contributed by atoms with van der Waals surface area (Å²) >= 11 is 3.31. The molecule has 6 heteroatoms. The molecule has 0 aliphatic heterocycles. The van der Waals surface area contributed by atoms with Crippen LogP contribution in [0.25, 0.3) is 0 Å². The van der Waals surface area contributed by atoms with Crippen LogP contribution in [0.2, 0.25) is 0 Å². The largest absolute Gasteiger partial charge is 0.378 e. The fourth-order valence-corrected chi connectivity index (χ4v) is 2.41. The molecule has 2 aromatic rings. The summed E-state index contributed by atoms with van der Waals surface area (Å²) in [6.07, 6.45) is 0. The molecule has 23 heavy (non-hydrogen) atoms. The molecule has 0 aliphatic carbocycles. The highest BCUT2D eigenvalue weighted by Gasteiger charge is 2.10. The lowest BCUT2D eigenvalue weighted by atomic mass is 10.2. The molecule has 0 unspecified atom stereocenters. The van der Waals surface area contributed by atoms with E-state index in [1.807, 2.05) is 49.3 Å². The van der Waals surface area contributed by atoms with Gasteiger partial charge in [0.15, 0.2) is 0 Å².